The average molecular weight is 424 g/mol. The van der Waals surface area contributed by atoms with Crippen LogP contribution in [0.1, 0.15) is 0 Å². The number of halogens is 1. The molecule has 2 heterocycles. The molecule has 154 valence electrons. The summed E-state index contributed by atoms with van der Waals surface area (Å²) in [5.41, 5.74) is 1.68. The van der Waals surface area contributed by atoms with Crippen LogP contribution < -0.4 is 15.1 Å². The fraction of sp³-hybridized carbons (Fsp3) is 0.227. The van der Waals surface area contributed by atoms with Crippen LogP contribution in [-0.2, 0) is 4.79 Å². The van der Waals surface area contributed by atoms with Crippen molar-refractivity contribution in [2.75, 3.05) is 47.0 Å². The summed E-state index contributed by atoms with van der Waals surface area (Å²) >= 11 is 1.33. The van der Waals surface area contributed by atoms with Crippen LogP contribution in [0.25, 0.3) is 0 Å². The van der Waals surface area contributed by atoms with Gasteiger partial charge in [0.05, 0.1) is 5.75 Å². The number of benzene rings is 2. The number of aromatic nitrogens is 2. The molecule has 1 aromatic heterocycles. The van der Waals surface area contributed by atoms with Crippen LogP contribution in [-0.4, -0.2) is 47.8 Å². The van der Waals surface area contributed by atoms with Crippen molar-refractivity contribution in [1.29, 1.82) is 0 Å². The van der Waals surface area contributed by atoms with Crippen molar-refractivity contribution < 1.29 is 9.18 Å². The van der Waals surface area contributed by atoms with Gasteiger partial charge in [0.2, 0.25) is 5.91 Å². The second kappa shape index (κ2) is 9.58. The Labute approximate surface area is 179 Å². The summed E-state index contributed by atoms with van der Waals surface area (Å²) in [6, 6.07) is 18.2. The van der Waals surface area contributed by atoms with Gasteiger partial charge in [0.15, 0.2) is 0 Å². The van der Waals surface area contributed by atoms with Crippen molar-refractivity contribution >= 4 is 34.9 Å². The van der Waals surface area contributed by atoms with Crippen LogP contribution in [0.3, 0.4) is 0 Å². The molecule has 0 aliphatic carbocycles. The Morgan fingerprint density at radius 3 is 2.50 bits per heavy atom. The average Bonchev–Trinajstić information content (AvgIpc) is 2.79. The van der Waals surface area contributed by atoms with E-state index < -0.39 is 0 Å². The minimum atomic E-state index is -0.381. The zero-order valence-electron chi connectivity index (χ0n) is 16.4. The highest BCUT2D eigenvalue weighted by molar-refractivity contribution is 7.99. The molecule has 1 fully saturated rings. The van der Waals surface area contributed by atoms with E-state index in [-0.39, 0.29) is 17.5 Å². The summed E-state index contributed by atoms with van der Waals surface area (Å²) in [6.07, 6.45) is 1.53. The number of carbonyl (C=O) groups excluding carboxylic acids is 1. The molecule has 8 heteroatoms. The molecule has 0 radical (unpaired) electrons. The Morgan fingerprint density at radius 1 is 0.967 bits per heavy atom. The first kappa shape index (κ1) is 20.2. The molecule has 1 aliphatic heterocycles. The van der Waals surface area contributed by atoms with Crippen molar-refractivity contribution in [3.8, 4) is 0 Å². The van der Waals surface area contributed by atoms with E-state index >= 15 is 0 Å². The lowest BCUT2D eigenvalue weighted by Gasteiger charge is -2.36. The van der Waals surface area contributed by atoms with E-state index in [4.69, 9.17) is 0 Å². The second-order valence-corrected chi connectivity index (χ2v) is 7.87. The first-order valence-electron chi connectivity index (χ1n) is 9.72. The number of rotatable bonds is 6. The van der Waals surface area contributed by atoms with Gasteiger partial charge in [-0.05, 0) is 30.3 Å². The number of piperazine rings is 1. The second-order valence-electron chi connectivity index (χ2n) is 6.87. The van der Waals surface area contributed by atoms with Crippen LogP contribution in [0.4, 0.5) is 21.6 Å². The van der Waals surface area contributed by atoms with Gasteiger partial charge in [-0.1, -0.05) is 36.0 Å². The van der Waals surface area contributed by atoms with Crippen molar-refractivity contribution in [2.24, 2.45) is 0 Å². The van der Waals surface area contributed by atoms with E-state index in [2.05, 4.69) is 49.4 Å². The molecule has 1 saturated heterocycles. The van der Waals surface area contributed by atoms with Crippen molar-refractivity contribution in [1.82, 2.24) is 9.97 Å². The maximum Gasteiger partial charge on any atom is 0.234 e. The van der Waals surface area contributed by atoms with Crippen molar-refractivity contribution in [3.63, 3.8) is 0 Å². The van der Waals surface area contributed by atoms with E-state index in [1.54, 1.807) is 12.1 Å². The van der Waals surface area contributed by atoms with Gasteiger partial charge in [-0.15, -0.1) is 0 Å². The first-order valence-corrected chi connectivity index (χ1v) is 10.7. The lowest BCUT2D eigenvalue weighted by atomic mass is 10.2. The molecule has 30 heavy (non-hydrogen) atoms. The van der Waals surface area contributed by atoms with E-state index in [0.29, 0.717) is 5.69 Å². The molecule has 0 saturated carbocycles. The van der Waals surface area contributed by atoms with E-state index in [1.165, 1.54) is 35.9 Å². The number of thioether (sulfide) groups is 1. The Balaban J connectivity index is 1.30. The van der Waals surface area contributed by atoms with Gasteiger partial charge in [-0.25, -0.2) is 14.4 Å². The summed E-state index contributed by atoms with van der Waals surface area (Å²) in [6.45, 7) is 3.59. The molecule has 0 atom stereocenters. The molecule has 4 rings (SSSR count). The standard InChI is InChI=1S/C22H22FN5OS/c23-17-5-4-6-18(13-17)26-21(29)15-30-22-14-20(24-16-25-22)28-11-9-27(10-12-28)19-7-2-1-3-8-19/h1-8,13-14,16H,9-12,15H2,(H,26,29). The molecule has 0 bridgehead atoms. The topological polar surface area (TPSA) is 61.4 Å². The minimum Gasteiger partial charge on any atom is -0.368 e. The molecule has 1 N–H and O–H groups in total. The third-order valence-electron chi connectivity index (χ3n) is 4.81. The zero-order chi connectivity index (χ0) is 20.8. The van der Waals surface area contributed by atoms with Crippen LogP contribution >= 0.6 is 11.8 Å². The number of carbonyl (C=O) groups is 1. The van der Waals surface area contributed by atoms with Gasteiger partial charge in [0, 0.05) is 43.6 Å². The third-order valence-corrected chi connectivity index (χ3v) is 5.74. The summed E-state index contributed by atoms with van der Waals surface area (Å²) in [4.78, 5) is 25.4. The van der Waals surface area contributed by atoms with E-state index in [1.807, 2.05) is 12.1 Å². The number of amides is 1. The summed E-state index contributed by atoms with van der Waals surface area (Å²) in [7, 11) is 0. The van der Waals surface area contributed by atoms with Gasteiger partial charge < -0.3 is 15.1 Å². The highest BCUT2D eigenvalue weighted by Gasteiger charge is 2.19. The monoisotopic (exact) mass is 423 g/mol. The molecular formula is C22H22FN5OS. The molecule has 3 aromatic rings. The lowest BCUT2D eigenvalue weighted by molar-refractivity contribution is -0.113. The fourth-order valence-electron chi connectivity index (χ4n) is 3.32. The Bertz CT molecular complexity index is 996. The van der Waals surface area contributed by atoms with Crippen LogP contribution in [0.5, 0.6) is 0 Å². The van der Waals surface area contributed by atoms with Gasteiger partial charge in [0.25, 0.3) is 0 Å². The van der Waals surface area contributed by atoms with Crippen LogP contribution in [0, 0.1) is 5.82 Å². The Kier molecular flexibility index (Phi) is 6.44. The zero-order valence-corrected chi connectivity index (χ0v) is 17.2. The smallest absolute Gasteiger partial charge is 0.234 e. The quantitative estimate of drug-likeness (QED) is 0.482. The van der Waals surface area contributed by atoms with Gasteiger partial charge in [0.1, 0.15) is 23.0 Å². The Hall–Kier alpha value is -3.13. The van der Waals surface area contributed by atoms with Crippen LogP contribution in [0.2, 0.25) is 0 Å². The van der Waals surface area contributed by atoms with E-state index in [9.17, 15) is 9.18 Å². The molecular weight excluding hydrogens is 401 g/mol. The molecule has 0 unspecified atom stereocenters. The summed E-state index contributed by atoms with van der Waals surface area (Å²) < 4.78 is 13.2. The molecule has 1 amide bonds. The number of para-hydroxylation sites is 1. The van der Waals surface area contributed by atoms with Gasteiger partial charge in [-0.3, -0.25) is 4.79 Å². The predicted molar refractivity (Wildman–Crippen MR) is 119 cm³/mol. The number of hydrogen-bond donors (Lipinski definition) is 1. The predicted octanol–water partition coefficient (Wildman–Crippen LogP) is 3.67. The van der Waals surface area contributed by atoms with Crippen LogP contribution in [0.15, 0.2) is 72.0 Å². The number of nitrogens with zero attached hydrogens (tertiary/aromatic N) is 4. The largest absolute Gasteiger partial charge is 0.368 e. The van der Waals surface area contributed by atoms with E-state index in [0.717, 1.165) is 37.0 Å². The fourth-order valence-corrected chi connectivity index (χ4v) is 3.98. The molecule has 6 nitrogen and oxygen atoms in total. The first-order chi connectivity index (χ1) is 14.7. The molecule has 2 aromatic carbocycles. The molecule has 1 aliphatic rings. The van der Waals surface area contributed by atoms with Gasteiger partial charge >= 0.3 is 0 Å². The number of nitrogens with one attached hydrogen (secondary N) is 1. The number of hydrogen-bond acceptors (Lipinski definition) is 6. The normalized spacial score (nSPS) is 13.9. The lowest BCUT2D eigenvalue weighted by Crippen LogP contribution is -2.46. The summed E-state index contributed by atoms with van der Waals surface area (Å²) in [5, 5.41) is 3.43. The Morgan fingerprint density at radius 2 is 1.73 bits per heavy atom. The van der Waals surface area contributed by atoms with Gasteiger partial charge in [-0.2, -0.15) is 0 Å². The third kappa shape index (κ3) is 5.27. The minimum absolute atomic E-state index is 0.189. The maximum atomic E-state index is 13.2. The highest BCUT2D eigenvalue weighted by atomic mass is 32.2. The number of anilines is 3. The summed E-state index contributed by atoms with van der Waals surface area (Å²) in [5.74, 6) is 0.468. The molecule has 0 spiro atoms. The SMILES string of the molecule is O=C(CSc1cc(N2CCN(c3ccccc3)CC2)ncn1)Nc1cccc(F)c1. The highest BCUT2D eigenvalue weighted by Crippen LogP contribution is 2.22. The van der Waals surface area contributed by atoms with Crippen molar-refractivity contribution in [3.05, 3.63) is 72.8 Å². The maximum absolute atomic E-state index is 13.2. The van der Waals surface area contributed by atoms with Crippen molar-refractivity contribution in [2.45, 2.75) is 5.03 Å².